The zero-order valence-electron chi connectivity index (χ0n) is 28.0. The standard InChI is InChI=1S/C38H50N2O6/c1-22(14-18-45-35(44)40-28-10-8-27(39-6)9-11-28)33(43)34(46-25(4)41)24(3)32-23(2)19-31-30-12-7-26-20-29(42)13-15-37(26)21-38(30,37)17-16-36(31,32)5/h8-11,13,15,23-24,26,30-32,34,39H,1,7,12,14,16-21H2,2-6H3,(H,40,44). The Bertz CT molecular complexity index is 1450. The van der Waals surface area contributed by atoms with Gasteiger partial charge < -0.3 is 14.8 Å². The van der Waals surface area contributed by atoms with E-state index in [2.05, 4.69) is 44.1 Å². The van der Waals surface area contributed by atoms with Crippen LogP contribution in [-0.2, 0) is 23.9 Å². The first-order chi connectivity index (χ1) is 21.8. The number of esters is 1. The number of benzene rings is 1. The number of Topliss-reactive ketones (excluding diaryl/α,β-unsaturated/α-hetero) is 1. The fourth-order valence-corrected chi connectivity index (χ4v) is 11.2. The maximum absolute atomic E-state index is 13.9. The second-order valence-electron chi connectivity index (χ2n) is 15.3. The number of carbonyl (C=O) groups is 4. The number of carbonyl (C=O) groups excluding carboxylic acids is 4. The molecule has 4 fully saturated rings. The molecule has 10 unspecified atom stereocenters. The van der Waals surface area contributed by atoms with Crippen molar-refractivity contribution in [1.82, 2.24) is 0 Å². The number of nitrogens with one attached hydrogen (secondary N) is 2. The molecule has 0 saturated heterocycles. The number of hydrogen-bond donors (Lipinski definition) is 2. The Morgan fingerprint density at radius 2 is 1.80 bits per heavy atom. The van der Waals surface area contributed by atoms with E-state index in [1.165, 1.54) is 19.8 Å². The van der Waals surface area contributed by atoms with Crippen molar-refractivity contribution in [2.75, 3.05) is 24.3 Å². The molecule has 2 N–H and O–H groups in total. The number of amides is 1. The van der Waals surface area contributed by atoms with Crippen molar-refractivity contribution < 1.29 is 28.7 Å². The number of anilines is 2. The number of ether oxygens (including phenoxy) is 2. The average Bonchev–Trinajstić information content (AvgIpc) is 3.61. The van der Waals surface area contributed by atoms with E-state index in [-0.39, 0.29) is 52.8 Å². The maximum atomic E-state index is 13.9. The van der Waals surface area contributed by atoms with Crippen LogP contribution >= 0.6 is 0 Å². The summed E-state index contributed by atoms with van der Waals surface area (Å²) < 4.78 is 11.1. The topological polar surface area (TPSA) is 111 Å². The lowest BCUT2D eigenvalue weighted by molar-refractivity contribution is -0.158. The summed E-state index contributed by atoms with van der Waals surface area (Å²) in [6, 6.07) is 7.22. The lowest BCUT2D eigenvalue weighted by Crippen LogP contribution is -2.50. The molecule has 5 aliphatic rings. The molecule has 6 rings (SSSR count). The van der Waals surface area contributed by atoms with Crippen LogP contribution < -0.4 is 10.6 Å². The molecule has 0 aromatic heterocycles. The van der Waals surface area contributed by atoms with Gasteiger partial charge in [0.25, 0.3) is 0 Å². The van der Waals surface area contributed by atoms with E-state index in [0.717, 1.165) is 31.4 Å². The Labute approximate surface area is 273 Å². The zero-order valence-corrected chi connectivity index (χ0v) is 28.0. The van der Waals surface area contributed by atoms with Crippen molar-refractivity contribution in [3.05, 3.63) is 48.6 Å². The van der Waals surface area contributed by atoms with Gasteiger partial charge in [0, 0.05) is 44.1 Å². The van der Waals surface area contributed by atoms with Crippen LogP contribution in [0.2, 0.25) is 0 Å². The molecule has 8 heteroatoms. The molecular weight excluding hydrogens is 580 g/mol. The van der Waals surface area contributed by atoms with Gasteiger partial charge in [-0.05, 0) is 120 Å². The molecule has 2 spiro atoms. The van der Waals surface area contributed by atoms with Crippen LogP contribution in [0.1, 0.15) is 79.1 Å². The second-order valence-corrected chi connectivity index (χ2v) is 15.3. The van der Waals surface area contributed by atoms with Gasteiger partial charge in [-0.3, -0.25) is 19.7 Å². The minimum absolute atomic E-state index is 0.0155. The summed E-state index contributed by atoms with van der Waals surface area (Å²) in [6.07, 6.45) is 10.4. The lowest BCUT2D eigenvalue weighted by Gasteiger charge is -2.55. The summed E-state index contributed by atoms with van der Waals surface area (Å²) in [6.45, 7) is 12.2. The molecule has 248 valence electrons. The highest BCUT2D eigenvalue weighted by atomic mass is 16.6. The van der Waals surface area contributed by atoms with Crippen LogP contribution in [0, 0.1) is 51.8 Å². The van der Waals surface area contributed by atoms with E-state index in [1.54, 1.807) is 12.1 Å². The molecule has 1 aromatic carbocycles. The van der Waals surface area contributed by atoms with Gasteiger partial charge in [-0.15, -0.1) is 0 Å². The zero-order chi connectivity index (χ0) is 33.0. The second kappa shape index (κ2) is 12.0. The van der Waals surface area contributed by atoms with Gasteiger partial charge in [-0.25, -0.2) is 4.79 Å². The molecule has 1 amide bonds. The van der Waals surface area contributed by atoms with Gasteiger partial charge in [-0.2, -0.15) is 0 Å². The van der Waals surface area contributed by atoms with Crippen molar-refractivity contribution in [3.63, 3.8) is 0 Å². The van der Waals surface area contributed by atoms with E-state index in [0.29, 0.717) is 41.2 Å². The van der Waals surface area contributed by atoms with Gasteiger partial charge >= 0.3 is 12.1 Å². The highest BCUT2D eigenvalue weighted by molar-refractivity contribution is 5.99. The molecule has 5 aliphatic carbocycles. The number of hydrogen-bond acceptors (Lipinski definition) is 7. The van der Waals surface area contributed by atoms with Crippen molar-refractivity contribution in [1.29, 1.82) is 0 Å². The normalized spacial score (nSPS) is 36.5. The van der Waals surface area contributed by atoms with Crippen LogP contribution in [0.3, 0.4) is 0 Å². The number of rotatable bonds is 10. The van der Waals surface area contributed by atoms with Crippen LogP contribution in [-0.4, -0.2) is 43.4 Å². The summed E-state index contributed by atoms with van der Waals surface area (Å²) in [5, 5.41) is 5.71. The molecule has 0 radical (unpaired) electrons. The van der Waals surface area contributed by atoms with E-state index in [4.69, 9.17) is 9.47 Å². The highest BCUT2D eigenvalue weighted by Crippen LogP contribution is 2.84. The van der Waals surface area contributed by atoms with Crippen molar-refractivity contribution >= 4 is 35.0 Å². The molecule has 8 nitrogen and oxygen atoms in total. The largest absolute Gasteiger partial charge is 0.454 e. The van der Waals surface area contributed by atoms with Crippen LogP contribution in [0.5, 0.6) is 0 Å². The number of allylic oxidation sites excluding steroid dienone is 2. The molecule has 4 saturated carbocycles. The summed E-state index contributed by atoms with van der Waals surface area (Å²) in [4.78, 5) is 50.8. The van der Waals surface area contributed by atoms with E-state index < -0.39 is 18.2 Å². The fraction of sp³-hybridized carbons (Fsp3) is 0.632. The predicted molar refractivity (Wildman–Crippen MR) is 177 cm³/mol. The van der Waals surface area contributed by atoms with Crippen molar-refractivity contribution in [3.8, 4) is 0 Å². The first-order valence-corrected chi connectivity index (χ1v) is 17.2. The van der Waals surface area contributed by atoms with Crippen LogP contribution in [0.4, 0.5) is 16.2 Å². The summed E-state index contributed by atoms with van der Waals surface area (Å²) in [5.74, 6) is 1.59. The summed E-state index contributed by atoms with van der Waals surface area (Å²) >= 11 is 0. The Morgan fingerprint density at radius 1 is 1.09 bits per heavy atom. The summed E-state index contributed by atoms with van der Waals surface area (Å²) in [5.41, 5.74) is 2.37. The maximum Gasteiger partial charge on any atom is 0.411 e. The lowest BCUT2D eigenvalue weighted by atomic mass is 9.49. The third-order valence-electron chi connectivity index (χ3n) is 13.1. The summed E-state index contributed by atoms with van der Waals surface area (Å²) in [7, 11) is 1.82. The van der Waals surface area contributed by atoms with Gasteiger partial charge in [0.05, 0.1) is 6.61 Å². The quantitative estimate of drug-likeness (QED) is 0.205. The fourth-order valence-electron chi connectivity index (χ4n) is 11.2. The first kappa shape index (κ1) is 32.5. The van der Waals surface area contributed by atoms with E-state index in [9.17, 15) is 19.2 Å². The highest BCUT2D eigenvalue weighted by Gasteiger charge is 2.78. The van der Waals surface area contributed by atoms with Gasteiger partial charge in [0.1, 0.15) is 0 Å². The third kappa shape index (κ3) is 5.29. The smallest absolute Gasteiger partial charge is 0.411 e. The minimum Gasteiger partial charge on any atom is -0.454 e. The first-order valence-electron chi connectivity index (χ1n) is 17.2. The van der Waals surface area contributed by atoms with E-state index in [1.807, 2.05) is 25.3 Å². The molecule has 0 heterocycles. The average molecular weight is 631 g/mol. The minimum atomic E-state index is -0.932. The molecular formula is C38H50N2O6. The van der Waals surface area contributed by atoms with Crippen LogP contribution in [0.15, 0.2) is 48.6 Å². The van der Waals surface area contributed by atoms with E-state index >= 15 is 0 Å². The predicted octanol–water partition coefficient (Wildman–Crippen LogP) is 7.36. The molecule has 0 aliphatic heterocycles. The molecule has 0 bridgehead atoms. The SMILES string of the molecule is C=C(CCOC(=O)Nc1ccc(NC)cc1)C(=O)C(OC(C)=O)C(C)C1C(C)CC2C3CCC4CC(=O)C=CC45CC35CCC21C. The monoisotopic (exact) mass is 630 g/mol. The van der Waals surface area contributed by atoms with Crippen molar-refractivity contribution in [2.45, 2.75) is 85.2 Å². The Morgan fingerprint density at radius 3 is 2.50 bits per heavy atom. The number of ketones is 2. The third-order valence-corrected chi connectivity index (χ3v) is 13.1. The molecule has 10 atom stereocenters. The Kier molecular flexibility index (Phi) is 8.47. The molecule has 1 aromatic rings. The number of fused-ring (bicyclic) bond motifs is 2. The Hall–Kier alpha value is -3.42. The van der Waals surface area contributed by atoms with Crippen LogP contribution in [0.25, 0.3) is 0 Å². The van der Waals surface area contributed by atoms with Gasteiger partial charge in [-0.1, -0.05) is 33.4 Å². The van der Waals surface area contributed by atoms with Gasteiger partial charge in [0.15, 0.2) is 17.7 Å². The van der Waals surface area contributed by atoms with Crippen molar-refractivity contribution in [2.24, 2.45) is 51.8 Å². The Balaban J connectivity index is 1.11. The van der Waals surface area contributed by atoms with Gasteiger partial charge in [0.2, 0.25) is 0 Å². The molecule has 46 heavy (non-hydrogen) atoms.